The number of hydrogen-bond donors (Lipinski definition) is 1. The first-order valence-electron chi connectivity index (χ1n) is 6.37. The molecule has 0 aromatic heterocycles. The molecule has 0 unspecified atom stereocenters. The molecule has 1 N–H and O–H groups in total. The van der Waals surface area contributed by atoms with Crippen LogP contribution in [-0.2, 0) is 4.79 Å². The van der Waals surface area contributed by atoms with Crippen LogP contribution in [0.25, 0.3) is 6.08 Å². The third kappa shape index (κ3) is 3.20. The fourth-order valence-corrected chi connectivity index (χ4v) is 2.13. The van der Waals surface area contributed by atoms with E-state index < -0.39 is 0 Å². The van der Waals surface area contributed by atoms with Gasteiger partial charge < -0.3 is 10.0 Å². The molecule has 1 aromatic rings. The van der Waals surface area contributed by atoms with Crippen LogP contribution in [0.15, 0.2) is 30.3 Å². The lowest BCUT2D eigenvalue weighted by atomic mass is 10.1. The fraction of sp³-hybridized carbons (Fsp3) is 0.400. The first-order valence-corrected chi connectivity index (χ1v) is 6.37. The van der Waals surface area contributed by atoms with Crippen molar-refractivity contribution in [2.24, 2.45) is 0 Å². The van der Waals surface area contributed by atoms with Crippen molar-refractivity contribution in [2.45, 2.75) is 25.9 Å². The van der Waals surface area contributed by atoms with Crippen LogP contribution >= 0.6 is 0 Å². The normalized spacial score (nSPS) is 17.3. The zero-order valence-electron chi connectivity index (χ0n) is 10.7. The second-order valence-electron chi connectivity index (χ2n) is 4.75. The van der Waals surface area contributed by atoms with Gasteiger partial charge in [-0.05, 0) is 37.0 Å². The Hall–Kier alpha value is -1.61. The average Bonchev–Trinajstić information content (AvgIpc) is 2.38. The average molecular weight is 245 g/mol. The van der Waals surface area contributed by atoms with Gasteiger partial charge in [-0.15, -0.1) is 0 Å². The van der Waals surface area contributed by atoms with Crippen molar-refractivity contribution in [1.29, 1.82) is 0 Å². The SMILES string of the molecule is Cc1ccccc1/C=C/C(=O)N1CCC(O)CC1. The van der Waals surface area contributed by atoms with Gasteiger partial charge in [-0.1, -0.05) is 24.3 Å². The summed E-state index contributed by atoms with van der Waals surface area (Å²) in [4.78, 5) is 13.7. The molecular weight excluding hydrogens is 226 g/mol. The van der Waals surface area contributed by atoms with Gasteiger partial charge in [0.1, 0.15) is 0 Å². The second-order valence-corrected chi connectivity index (χ2v) is 4.75. The Kier molecular flexibility index (Phi) is 4.15. The molecule has 0 saturated carbocycles. The summed E-state index contributed by atoms with van der Waals surface area (Å²) >= 11 is 0. The molecule has 0 spiro atoms. The van der Waals surface area contributed by atoms with Crippen LogP contribution in [0.5, 0.6) is 0 Å². The number of likely N-dealkylation sites (tertiary alicyclic amines) is 1. The number of amides is 1. The number of benzene rings is 1. The second kappa shape index (κ2) is 5.83. The zero-order chi connectivity index (χ0) is 13.0. The fourth-order valence-electron chi connectivity index (χ4n) is 2.13. The number of rotatable bonds is 2. The number of carbonyl (C=O) groups excluding carboxylic acids is 1. The maximum atomic E-state index is 11.9. The van der Waals surface area contributed by atoms with Crippen LogP contribution in [0.3, 0.4) is 0 Å². The Morgan fingerprint density at radius 3 is 2.67 bits per heavy atom. The first-order chi connectivity index (χ1) is 8.66. The van der Waals surface area contributed by atoms with Crippen molar-refractivity contribution < 1.29 is 9.90 Å². The summed E-state index contributed by atoms with van der Waals surface area (Å²) in [6, 6.07) is 7.98. The number of aryl methyl sites for hydroxylation is 1. The molecule has 0 radical (unpaired) electrons. The Morgan fingerprint density at radius 2 is 2.00 bits per heavy atom. The van der Waals surface area contributed by atoms with Gasteiger partial charge in [0, 0.05) is 19.2 Å². The Labute approximate surface area is 108 Å². The zero-order valence-corrected chi connectivity index (χ0v) is 10.7. The lowest BCUT2D eigenvalue weighted by Crippen LogP contribution is -2.39. The van der Waals surface area contributed by atoms with E-state index in [1.807, 2.05) is 37.3 Å². The first kappa shape index (κ1) is 12.8. The van der Waals surface area contributed by atoms with Gasteiger partial charge in [0.25, 0.3) is 0 Å². The monoisotopic (exact) mass is 245 g/mol. The molecule has 0 aliphatic carbocycles. The van der Waals surface area contributed by atoms with E-state index in [1.165, 1.54) is 0 Å². The number of hydrogen-bond acceptors (Lipinski definition) is 2. The van der Waals surface area contributed by atoms with Gasteiger partial charge in [0.15, 0.2) is 0 Å². The summed E-state index contributed by atoms with van der Waals surface area (Å²) in [6.45, 7) is 3.33. The molecule has 1 aromatic carbocycles. The third-order valence-corrected chi connectivity index (χ3v) is 3.37. The van der Waals surface area contributed by atoms with E-state index in [1.54, 1.807) is 11.0 Å². The minimum absolute atomic E-state index is 0.0325. The molecule has 2 rings (SSSR count). The molecule has 1 aliphatic heterocycles. The van der Waals surface area contributed by atoms with Gasteiger partial charge in [-0.2, -0.15) is 0 Å². The lowest BCUT2D eigenvalue weighted by molar-refractivity contribution is -0.127. The Balaban J connectivity index is 1.97. The van der Waals surface area contributed by atoms with E-state index in [0.29, 0.717) is 25.9 Å². The van der Waals surface area contributed by atoms with Crippen molar-refractivity contribution in [1.82, 2.24) is 4.90 Å². The van der Waals surface area contributed by atoms with Crippen molar-refractivity contribution in [2.75, 3.05) is 13.1 Å². The van der Waals surface area contributed by atoms with Crippen LogP contribution < -0.4 is 0 Å². The van der Waals surface area contributed by atoms with Crippen LogP contribution in [0, 0.1) is 6.92 Å². The van der Waals surface area contributed by atoms with Gasteiger partial charge in [0.05, 0.1) is 6.10 Å². The summed E-state index contributed by atoms with van der Waals surface area (Å²) in [5, 5.41) is 9.40. The molecule has 0 atom stereocenters. The molecule has 1 amide bonds. The van der Waals surface area contributed by atoms with E-state index >= 15 is 0 Å². The van der Waals surface area contributed by atoms with Crippen molar-refractivity contribution >= 4 is 12.0 Å². The van der Waals surface area contributed by atoms with E-state index in [-0.39, 0.29) is 12.0 Å². The van der Waals surface area contributed by atoms with Gasteiger partial charge in [0.2, 0.25) is 5.91 Å². The maximum Gasteiger partial charge on any atom is 0.246 e. The Morgan fingerprint density at radius 1 is 1.33 bits per heavy atom. The molecule has 1 aliphatic rings. The van der Waals surface area contributed by atoms with Gasteiger partial charge >= 0.3 is 0 Å². The third-order valence-electron chi connectivity index (χ3n) is 3.37. The van der Waals surface area contributed by atoms with E-state index in [2.05, 4.69) is 0 Å². The number of piperidine rings is 1. The van der Waals surface area contributed by atoms with Crippen LogP contribution in [-0.4, -0.2) is 35.1 Å². The van der Waals surface area contributed by atoms with Crippen LogP contribution in [0.4, 0.5) is 0 Å². The van der Waals surface area contributed by atoms with Crippen molar-refractivity contribution in [3.8, 4) is 0 Å². The predicted molar refractivity (Wildman–Crippen MR) is 72.0 cm³/mol. The number of carbonyl (C=O) groups is 1. The highest BCUT2D eigenvalue weighted by Gasteiger charge is 2.19. The van der Waals surface area contributed by atoms with Crippen molar-refractivity contribution in [3.63, 3.8) is 0 Å². The molecule has 18 heavy (non-hydrogen) atoms. The molecule has 3 nitrogen and oxygen atoms in total. The molecule has 96 valence electrons. The smallest absolute Gasteiger partial charge is 0.246 e. The molecule has 0 bridgehead atoms. The number of aliphatic hydroxyl groups is 1. The van der Waals surface area contributed by atoms with Crippen LogP contribution in [0.1, 0.15) is 24.0 Å². The topological polar surface area (TPSA) is 40.5 Å². The standard InChI is InChI=1S/C15H19NO2/c1-12-4-2-3-5-13(12)6-7-15(18)16-10-8-14(17)9-11-16/h2-7,14,17H,8-11H2,1H3/b7-6+. The lowest BCUT2D eigenvalue weighted by Gasteiger charge is -2.28. The van der Waals surface area contributed by atoms with Gasteiger partial charge in [-0.25, -0.2) is 0 Å². The predicted octanol–water partition coefficient (Wildman–Crippen LogP) is 1.99. The maximum absolute atomic E-state index is 11.9. The number of aliphatic hydroxyl groups excluding tert-OH is 1. The van der Waals surface area contributed by atoms with Gasteiger partial charge in [-0.3, -0.25) is 4.79 Å². The summed E-state index contributed by atoms with van der Waals surface area (Å²) in [6.07, 6.45) is 4.62. The number of nitrogens with zero attached hydrogens (tertiary/aromatic N) is 1. The summed E-state index contributed by atoms with van der Waals surface area (Å²) in [7, 11) is 0. The molecule has 1 saturated heterocycles. The minimum atomic E-state index is -0.241. The summed E-state index contributed by atoms with van der Waals surface area (Å²) in [5.41, 5.74) is 2.23. The Bertz CT molecular complexity index is 446. The van der Waals surface area contributed by atoms with E-state index in [0.717, 1.165) is 11.1 Å². The van der Waals surface area contributed by atoms with E-state index in [4.69, 9.17) is 0 Å². The molecule has 3 heteroatoms. The molecule has 1 fully saturated rings. The summed E-state index contributed by atoms with van der Waals surface area (Å²) in [5.74, 6) is 0.0325. The highest BCUT2D eigenvalue weighted by molar-refractivity contribution is 5.92. The largest absolute Gasteiger partial charge is 0.393 e. The quantitative estimate of drug-likeness (QED) is 0.809. The minimum Gasteiger partial charge on any atom is -0.393 e. The molecular formula is C15H19NO2. The van der Waals surface area contributed by atoms with Crippen LogP contribution in [0.2, 0.25) is 0 Å². The summed E-state index contributed by atoms with van der Waals surface area (Å²) < 4.78 is 0. The highest BCUT2D eigenvalue weighted by atomic mass is 16.3. The molecule has 1 heterocycles. The highest BCUT2D eigenvalue weighted by Crippen LogP contribution is 2.12. The van der Waals surface area contributed by atoms with Crippen molar-refractivity contribution in [3.05, 3.63) is 41.5 Å². The van der Waals surface area contributed by atoms with E-state index in [9.17, 15) is 9.90 Å².